The molecule has 34 heavy (non-hydrogen) atoms. The molecule has 0 radical (unpaired) electrons. The molecule has 1 saturated heterocycles. The number of nitrogens with zero attached hydrogens (tertiary/aromatic N) is 4. The number of nitrogens with one attached hydrogen (secondary N) is 1. The summed E-state index contributed by atoms with van der Waals surface area (Å²) in [5.74, 6) is 0.968. The fraction of sp³-hybridized carbons (Fsp3) is 0.577. The molecule has 8 heteroatoms. The molecule has 1 amide bonds. The molecule has 0 aromatic heterocycles. The van der Waals surface area contributed by atoms with Gasteiger partial charge in [-0.15, -0.1) is 11.8 Å². The largest absolute Gasteiger partial charge is 0.381 e. The highest BCUT2D eigenvalue weighted by atomic mass is 32.2. The van der Waals surface area contributed by atoms with Crippen LogP contribution in [0.25, 0.3) is 0 Å². The number of likely N-dealkylation sites (tertiary alicyclic amines) is 1. The Hall–Kier alpha value is -2.00. The first kappa shape index (κ1) is 28.2. The smallest absolute Gasteiger partial charge is 0.209 e. The molecule has 7 nitrogen and oxygen atoms in total. The van der Waals surface area contributed by atoms with Crippen molar-refractivity contribution in [2.24, 2.45) is 15.4 Å². The van der Waals surface area contributed by atoms with Gasteiger partial charge in [-0.05, 0) is 37.9 Å². The van der Waals surface area contributed by atoms with E-state index in [2.05, 4.69) is 64.2 Å². The van der Waals surface area contributed by atoms with Crippen LogP contribution in [0.4, 0.5) is 0 Å². The highest BCUT2D eigenvalue weighted by Gasteiger charge is 2.52. The van der Waals surface area contributed by atoms with Crippen molar-refractivity contribution >= 4 is 31.1 Å². The maximum Gasteiger partial charge on any atom is 0.209 e. The highest BCUT2D eigenvalue weighted by Crippen LogP contribution is 2.49. The molecule has 1 heterocycles. The quantitative estimate of drug-likeness (QED) is 0.322. The van der Waals surface area contributed by atoms with Crippen molar-refractivity contribution in [2.75, 3.05) is 59.2 Å². The number of benzene rings is 1. The summed E-state index contributed by atoms with van der Waals surface area (Å²) in [4.78, 5) is 24.0. The first-order valence-corrected chi connectivity index (χ1v) is 13.0. The summed E-state index contributed by atoms with van der Waals surface area (Å²) in [7, 11) is 3.69. The van der Waals surface area contributed by atoms with Crippen molar-refractivity contribution in [3.05, 3.63) is 47.0 Å². The van der Waals surface area contributed by atoms with Gasteiger partial charge < -0.3 is 15.0 Å². The van der Waals surface area contributed by atoms with Gasteiger partial charge in [-0.25, -0.2) is 0 Å². The molecule has 1 N–H and O–H groups in total. The van der Waals surface area contributed by atoms with Gasteiger partial charge in [0.15, 0.2) is 0 Å². The number of ether oxygens (including phenoxy) is 1. The minimum absolute atomic E-state index is 0.541. The van der Waals surface area contributed by atoms with E-state index in [1.54, 1.807) is 29.1 Å². The van der Waals surface area contributed by atoms with E-state index < -0.39 is 0 Å². The van der Waals surface area contributed by atoms with Gasteiger partial charge >= 0.3 is 0 Å². The summed E-state index contributed by atoms with van der Waals surface area (Å²) in [6, 6.07) is 10.7. The molecule has 1 aliphatic carbocycles. The second kappa shape index (κ2) is 15.8. The van der Waals surface area contributed by atoms with Crippen LogP contribution in [0.2, 0.25) is 0 Å². The molecule has 0 atom stereocenters. The molecule has 2 fully saturated rings. The van der Waals surface area contributed by atoms with Crippen LogP contribution in [0.15, 0.2) is 51.4 Å². The fourth-order valence-corrected chi connectivity index (χ4v) is 5.00. The summed E-state index contributed by atoms with van der Waals surface area (Å²) in [5.41, 5.74) is 2.05. The van der Waals surface area contributed by atoms with Crippen LogP contribution in [0.1, 0.15) is 25.3 Å². The van der Waals surface area contributed by atoms with Crippen LogP contribution in [0.3, 0.4) is 0 Å². The third kappa shape index (κ3) is 9.70. The lowest BCUT2D eigenvalue weighted by atomic mass is 9.61. The fourth-order valence-electron chi connectivity index (χ4n) is 4.36. The number of hydrogen-bond acceptors (Lipinski definition) is 7. The third-order valence-electron chi connectivity index (χ3n) is 6.08. The standard InChI is InChI=1S/C14H19NO.C12H22N4OS/c1-16-13-7-14(8-13)10-15(11-14)9-12-5-3-2-4-6-12;1-4-18-12(9-14-3)10-15-6-8-16(11-17)7-5-13-2/h2-6,13H,7-11H2,1H3;9-11,13H,3-8H2,1-2H3/b;12-9+,15-10?. The Bertz CT molecular complexity index is 773. The molecule has 0 unspecified atom stereocenters. The van der Waals surface area contributed by atoms with Gasteiger partial charge in [0.05, 0.1) is 12.6 Å². The van der Waals surface area contributed by atoms with E-state index in [0.29, 0.717) is 31.2 Å². The number of aliphatic imine (C=N–C) groups is 2. The SMILES string of the molecule is C=N/C=C(\C=NCCN(C=O)CCNC)SCC.COC1CC2(C1)CN(Cc1ccccc1)C2. The number of amides is 1. The van der Waals surface area contributed by atoms with Gasteiger partial charge in [0.2, 0.25) is 6.41 Å². The molecule has 1 spiro atoms. The number of rotatable bonds is 14. The van der Waals surface area contributed by atoms with E-state index in [0.717, 1.165) is 30.2 Å². The van der Waals surface area contributed by atoms with Gasteiger partial charge in [-0.2, -0.15) is 0 Å². The molecule has 2 aliphatic rings. The Kier molecular flexibility index (Phi) is 13.1. The average molecular weight is 488 g/mol. The van der Waals surface area contributed by atoms with Crippen molar-refractivity contribution in [2.45, 2.75) is 32.4 Å². The zero-order valence-corrected chi connectivity index (χ0v) is 21.8. The van der Waals surface area contributed by atoms with Crippen LogP contribution in [-0.4, -0.2) is 94.4 Å². The predicted molar refractivity (Wildman–Crippen MR) is 145 cm³/mol. The van der Waals surface area contributed by atoms with Gasteiger partial charge in [-0.3, -0.25) is 19.7 Å². The van der Waals surface area contributed by atoms with E-state index in [9.17, 15) is 4.79 Å². The third-order valence-corrected chi connectivity index (χ3v) is 6.92. The summed E-state index contributed by atoms with van der Waals surface area (Å²) in [6.45, 7) is 11.9. The normalized spacial score (nSPS) is 17.6. The van der Waals surface area contributed by atoms with E-state index in [4.69, 9.17) is 4.74 Å². The summed E-state index contributed by atoms with van der Waals surface area (Å²) in [6.07, 6.45) is 7.41. The lowest BCUT2D eigenvalue weighted by Crippen LogP contribution is -2.63. The molecule has 0 bridgehead atoms. The Morgan fingerprint density at radius 1 is 1.32 bits per heavy atom. The second-order valence-corrected chi connectivity index (χ2v) is 10.2. The Labute approximate surface area is 209 Å². The Morgan fingerprint density at radius 2 is 2.06 bits per heavy atom. The minimum atomic E-state index is 0.541. The van der Waals surface area contributed by atoms with Gasteiger partial charge in [-0.1, -0.05) is 37.3 Å². The number of methoxy groups -OCH3 is 1. The Balaban J connectivity index is 0.000000241. The molecule has 1 aromatic carbocycles. The van der Waals surface area contributed by atoms with Crippen molar-refractivity contribution in [3.63, 3.8) is 0 Å². The number of carbonyl (C=O) groups excluding carboxylic acids is 1. The number of carbonyl (C=O) groups is 1. The first-order valence-electron chi connectivity index (χ1n) is 12.0. The zero-order valence-electron chi connectivity index (χ0n) is 21.0. The summed E-state index contributed by atoms with van der Waals surface area (Å²) >= 11 is 1.66. The van der Waals surface area contributed by atoms with E-state index in [1.807, 2.05) is 14.2 Å². The van der Waals surface area contributed by atoms with Crippen molar-refractivity contribution in [1.29, 1.82) is 0 Å². The van der Waals surface area contributed by atoms with E-state index in [1.165, 1.54) is 31.5 Å². The Morgan fingerprint density at radius 3 is 2.65 bits per heavy atom. The average Bonchev–Trinajstić information content (AvgIpc) is 2.80. The summed E-state index contributed by atoms with van der Waals surface area (Å²) in [5, 5.41) is 3.00. The second-order valence-electron chi connectivity index (χ2n) is 8.82. The maximum atomic E-state index is 10.8. The monoisotopic (exact) mass is 487 g/mol. The molecule has 1 aliphatic heterocycles. The predicted octanol–water partition coefficient (Wildman–Crippen LogP) is 3.33. The van der Waals surface area contributed by atoms with Crippen molar-refractivity contribution < 1.29 is 9.53 Å². The number of allylic oxidation sites excluding steroid dienone is 1. The minimum Gasteiger partial charge on any atom is -0.381 e. The molecular formula is C26H41N5O2S. The van der Waals surface area contributed by atoms with Crippen LogP contribution in [0, 0.1) is 5.41 Å². The van der Waals surface area contributed by atoms with E-state index in [-0.39, 0.29) is 0 Å². The number of likely N-dealkylation sites (N-methyl/N-ethyl adjacent to an activating group) is 1. The topological polar surface area (TPSA) is 69.5 Å². The highest BCUT2D eigenvalue weighted by molar-refractivity contribution is 8.03. The lowest BCUT2D eigenvalue weighted by Gasteiger charge is -2.58. The van der Waals surface area contributed by atoms with Crippen LogP contribution < -0.4 is 5.32 Å². The lowest BCUT2D eigenvalue weighted by molar-refractivity contribution is -0.142. The van der Waals surface area contributed by atoms with E-state index >= 15 is 0 Å². The molecule has 3 rings (SSSR count). The van der Waals surface area contributed by atoms with Gasteiger partial charge in [0.1, 0.15) is 0 Å². The van der Waals surface area contributed by atoms with Crippen LogP contribution in [0.5, 0.6) is 0 Å². The van der Waals surface area contributed by atoms with Crippen molar-refractivity contribution in [3.8, 4) is 0 Å². The van der Waals surface area contributed by atoms with Crippen molar-refractivity contribution in [1.82, 2.24) is 15.1 Å². The van der Waals surface area contributed by atoms with Gasteiger partial charge in [0.25, 0.3) is 0 Å². The van der Waals surface area contributed by atoms with Crippen LogP contribution >= 0.6 is 11.8 Å². The number of thioether (sulfide) groups is 1. The molecule has 188 valence electrons. The summed E-state index contributed by atoms with van der Waals surface area (Å²) < 4.78 is 5.35. The number of hydrogen-bond donors (Lipinski definition) is 1. The molecule has 1 saturated carbocycles. The molecule has 1 aromatic rings. The first-order chi connectivity index (χ1) is 16.6. The molecular weight excluding hydrogens is 446 g/mol. The van der Waals surface area contributed by atoms with Crippen LogP contribution in [-0.2, 0) is 16.1 Å². The zero-order chi connectivity index (χ0) is 24.7. The van der Waals surface area contributed by atoms with Gasteiger partial charge in [0, 0.05) is 69.1 Å². The maximum absolute atomic E-state index is 10.8.